The van der Waals surface area contributed by atoms with E-state index < -0.39 is 23.7 Å². The third kappa shape index (κ3) is 2.67. The molecule has 0 spiro atoms. The zero-order valence-electron chi connectivity index (χ0n) is 9.26. The zero-order chi connectivity index (χ0) is 11.5. The molecule has 0 radical (unpaired) electrons. The second-order valence-electron chi connectivity index (χ2n) is 4.16. The Morgan fingerprint density at radius 2 is 2.00 bits per heavy atom. The van der Waals surface area contributed by atoms with Gasteiger partial charge in [0.2, 0.25) is 0 Å². The van der Waals surface area contributed by atoms with Gasteiger partial charge in [-0.1, -0.05) is 19.8 Å². The minimum atomic E-state index is -2.91. The Labute approximate surface area is 89.0 Å². The number of ether oxygens (including phenoxy) is 1. The first-order valence-corrected chi connectivity index (χ1v) is 5.54. The summed E-state index contributed by atoms with van der Waals surface area (Å²) in [5, 5.41) is 0. The van der Waals surface area contributed by atoms with Gasteiger partial charge in [0.1, 0.15) is 5.92 Å². The number of esters is 1. The summed E-state index contributed by atoms with van der Waals surface area (Å²) in [6.07, 6.45) is 2.19. The molecule has 0 bridgehead atoms. The first-order valence-electron chi connectivity index (χ1n) is 5.54. The van der Waals surface area contributed by atoms with Crippen molar-refractivity contribution in [1.29, 1.82) is 0 Å². The van der Waals surface area contributed by atoms with E-state index in [-0.39, 0.29) is 13.0 Å². The van der Waals surface area contributed by atoms with Gasteiger partial charge in [0.25, 0.3) is 5.92 Å². The number of halogens is 2. The first kappa shape index (κ1) is 12.4. The molecule has 1 unspecified atom stereocenters. The van der Waals surface area contributed by atoms with Gasteiger partial charge in [-0.25, -0.2) is 8.78 Å². The van der Waals surface area contributed by atoms with Gasteiger partial charge in [-0.15, -0.1) is 0 Å². The number of alkyl halides is 2. The predicted octanol–water partition coefficient (Wildman–Crippen LogP) is 3.01. The Hall–Kier alpha value is -0.670. The van der Waals surface area contributed by atoms with Crippen molar-refractivity contribution in [3.63, 3.8) is 0 Å². The molecule has 88 valence electrons. The van der Waals surface area contributed by atoms with Crippen LogP contribution in [0.4, 0.5) is 8.78 Å². The Bertz CT molecular complexity index is 229. The summed E-state index contributed by atoms with van der Waals surface area (Å²) < 4.78 is 32.3. The standard InChI is InChI=1S/C11H18F2O2/c1-3-15-10(14)9-7-5-4-6-8(2)11(9,12)13/h8-9H,3-7H2,1-2H3/t8-,9?/m0/s1. The number of carbonyl (C=O) groups excluding carboxylic acids is 1. The average Bonchev–Trinajstić information content (AvgIpc) is 2.28. The van der Waals surface area contributed by atoms with E-state index in [2.05, 4.69) is 0 Å². The number of hydrogen-bond donors (Lipinski definition) is 0. The van der Waals surface area contributed by atoms with Gasteiger partial charge < -0.3 is 4.74 Å². The third-order valence-corrected chi connectivity index (χ3v) is 3.07. The van der Waals surface area contributed by atoms with Gasteiger partial charge in [0.05, 0.1) is 6.61 Å². The highest BCUT2D eigenvalue weighted by atomic mass is 19.3. The van der Waals surface area contributed by atoms with Gasteiger partial charge in [0.15, 0.2) is 0 Å². The van der Waals surface area contributed by atoms with E-state index in [4.69, 9.17) is 4.74 Å². The van der Waals surface area contributed by atoms with E-state index in [0.29, 0.717) is 12.8 Å². The normalized spacial score (nSPS) is 30.7. The lowest BCUT2D eigenvalue weighted by molar-refractivity contribution is -0.170. The molecule has 0 aromatic heterocycles. The van der Waals surface area contributed by atoms with E-state index in [1.165, 1.54) is 6.92 Å². The van der Waals surface area contributed by atoms with Gasteiger partial charge in [-0.3, -0.25) is 4.79 Å². The Morgan fingerprint density at radius 3 is 2.60 bits per heavy atom. The first-order chi connectivity index (χ1) is 7.00. The predicted molar refractivity (Wildman–Crippen MR) is 52.7 cm³/mol. The van der Waals surface area contributed by atoms with Crippen molar-refractivity contribution in [3.05, 3.63) is 0 Å². The minimum Gasteiger partial charge on any atom is -0.466 e. The van der Waals surface area contributed by atoms with E-state index >= 15 is 0 Å². The largest absolute Gasteiger partial charge is 0.466 e. The lowest BCUT2D eigenvalue weighted by Crippen LogP contribution is -2.39. The Balaban J connectivity index is 2.78. The highest BCUT2D eigenvalue weighted by Crippen LogP contribution is 2.41. The van der Waals surface area contributed by atoms with Crippen LogP contribution in [0, 0.1) is 11.8 Å². The molecule has 2 atom stereocenters. The lowest BCUT2D eigenvalue weighted by atomic mass is 9.89. The van der Waals surface area contributed by atoms with E-state index in [0.717, 1.165) is 6.42 Å². The molecule has 1 aliphatic carbocycles. The molecule has 4 heteroatoms. The zero-order valence-corrected chi connectivity index (χ0v) is 9.26. The lowest BCUT2D eigenvalue weighted by Gasteiger charge is -2.27. The SMILES string of the molecule is CCOC(=O)C1CCCC[C@H](C)C1(F)F. The molecule has 1 fully saturated rings. The summed E-state index contributed by atoms with van der Waals surface area (Å²) in [5.41, 5.74) is 0. The van der Waals surface area contributed by atoms with Crippen molar-refractivity contribution in [3.8, 4) is 0 Å². The highest BCUT2D eigenvalue weighted by Gasteiger charge is 2.49. The molecule has 0 aromatic rings. The van der Waals surface area contributed by atoms with Crippen LogP contribution in [0.25, 0.3) is 0 Å². The van der Waals surface area contributed by atoms with Gasteiger partial charge in [-0.05, 0) is 19.8 Å². The molecule has 1 saturated carbocycles. The van der Waals surface area contributed by atoms with Crippen LogP contribution in [0.2, 0.25) is 0 Å². The van der Waals surface area contributed by atoms with Crippen LogP contribution in [0.1, 0.15) is 39.5 Å². The van der Waals surface area contributed by atoms with Crippen LogP contribution in [-0.4, -0.2) is 18.5 Å². The van der Waals surface area contributed by atoms with Crippen LogP contribution in [0.3, 0.4) is 0 Å². The molecular formula is C11H18F2O2. The smallest absolute Gasteiger partial charge is 0.315 e. The summed E-state index contributed by atoms with van der Waals surface area (Å²) in [6.45, 7) is 3.31. The van der Waals surface area contributed by atoms with Crippen molar-refractivity contribution in [2.75, 3.05) is 6.61 Å². The van der Waals surface area contributed by atoms with Gasteiger partial charge in [-0.2, -0.15) is 0 Å². The molecule has 0 N–H and O–H groups in total. The van der Waals surface area contributed by atoms with Crippen molar-refractivity contribution < 1.29 is 18.3 Å². The Kier molecular flexibility index (Phi) is 4.05. The highest BCUT2D eigenvalue weighted by molar-refractivity contribution is 5.73. The van der Waals surface area contributed by atoms with Crippen LogP contribution in [0.15, 0.2) is 0 Å². The summed E-state index contributed by atoms with van der Waals surface area (Å²) in [4.78, 5) is 11.4. The van der Waals surface area contributed by atoms with Gasteiger partial charge in [0, 0.05) is 5.92 Å². The molecule has 0 aromatic carbocycles. The van der Waals surface area contributed by atoms with Crippen molar-refractivity contribution in [2.45, 2.75) is 45.5 Å². The second-order valence-corrected chi connectivity index (χ2v) is 4.16. The summed E-state index contributed by atoms with van der Waals surface area (Å²) in [6, 6.07) is 0. The molecule has 2 nitrogen and oxygen atoms in total. The van der Waals surface area contributed by atoms with Crippen LogP contribution < -0.4 is 0 Å². The van der Waals surface area contributed by atoms with Crippen LogP contribution in [-0.2, 0) is 9.53 Å². The molecular weight excluding hydrogens is 202 g/mol. The molecule has 0 saturated heterocycles. The van der Waals surface area contributed by atoms with Crippen molar-refractivity contribution in [1.82, 2.24) is 0 Å². The molecule has 15 heavy (non-hydrogen) atoms. The fourth-order valence-corrected chi connectivity index (χ4v) is 2.05. The fourth-order valence-electron chi connectivity index (χ4n) is 2.05. The van der Waals surface area contributed by atoms with Crippen LogP contribution in [0.5, 0.6) is 0 Å². The topological polar surface area (TPSA) is 26.3 Å². The van der Waals surface area contributed by atoms with Crippen molar-refractivity contribution >= 4 is 5.97 Å². The van der Waals surface area contributed by atoms with Crippen molar-refractivity contribution in [2.24, 2.45) is 11.8 Å². The number of carbonyl (C=O) groups is 1. The summed E-state index contributed by atoms with van der Waals surface area (Å²) in [7, 11) is 0. The van der Waals surface area contributed by atoms with Crippen LogP contribution >= 0.6 is 0 Å². The maximum absolute atomic E-state index is 13.8. The minimum absolute atomic E-state index is 0.166. The Morgan fingerprint density at radius 1 is 1.40 bits per heavy atom. The van der Waals surface area contributed by atoms with Gasteiger partial charge >= 0.3 is 5.97 Å². The van der Waals surface area contributed by atoms with E-state index in [9.17, 15) is 13.6 Å². The molecule has 1 aliphatic rings. The maximum atomic E-state index is 13.8. The van der Waals surface area contributed by atoms with E-state index in [1.807, 2.05) is 0 Å². The fraction of sp³-hybridized carbons (Fsp3) is 0.909. The number of hydrogen-bond acceptors (Lipinski definition) is 2. The average molecular weight is 220 g/mol. The maximum Gasteiger partial charge on any atom is 0.315 e. The second kappa shape index (κ2) is 4.90. The quantitative estimate of drug-likeness (QED) is 0.528. The van der Waals surface area contributed by atoms with E-state index in [1.54, 1.807) is 6.92 Å². The number of rotatable bonds is 2. The molecule has 1 rings (SSSR count). The monoisotopic (exact) mass is 220 g/mol. The molecule has 0 heterocycles. The third-order valence-electron chi connectivity index (χ3n) is 3.07. The molecule has 0 amide bonds. The summed E-state index contributed by atoms with van der Waals surface area (Å²) >= 11 is 0. The summed E-state index contributed by atoms with van der Waals surface area (Å²) in [5.74, 6) is -5.62. The molecule has 0 aliphatic heterocycles.